The van der Waals surface area contributed by atoms with E-state index in [2.05, 4.69) is 0 Å². The predicted molar refractivity (Wildman–Crippen MR) is 57.9 cm³/mol. The molecule has 0 radical (unpaired) electrons. The van der Waals surface area contributed by atoms with Crippen molar-refractivity contribution in [2.45, 2.75) is 20.3 Å². The van der Waals surface area contributed by atoms with Crippen LogP contribution in [0.2, 0.25) is 0 Å². The Balaban J connectivity index is 2.85. The summed E-state index contributed by atoms with van der Waals surface area (Å²) in [5, 5.41) is 0. The monoisotopic (exact) mass is 227 g/mol. The molecule has 88 valence electrons. The lowest BCUT2D eigenvalue weighted by molar-refractivity contribution is -0.125. The van der Waals surface area contributed by atoms with Crippen LogP contribution in [0.1, 0.15) is 19.4 Å². The number of rotatable bonds is 4. The summed E-state index contributed by atoms with van der Waals surface area (Å²) in [4.78, 5) is 11.8. The molecule has 2 nitrogen and oxygen atoms in total. The summed E-state index contributed by atoms with van der Waals surface area (Å²) in [6, 6.07) is 3.10. The topological polar surface area (TPSA) is 43.1 Å². The third-order valence-electron chi connectivity index (χ3n) is 2.55. The zero-order valence-electron chi connectivity index (χ0n) is 9.39. The molecule has 0 saturated heterocycles. The van der Waals surface area contributed by atoms with E-state index in [1.54, 1.807) is 13.8 Å². The van der Waals surface area contributed by atoms with Gasteiger partial charge >= 0.3 is 0 Å². The highest BCUT2D eigenvalue weighted by atomic mass is 19.1. The zero-order valence-corrected chi connectivity index (χ0v) is 9.39. The zero-order chi connectivity index (χ0) is 12.3. The first-order valence-corrected chi connectivity index (χ1v) is 5.03. The molecule has 0 aliphatic carbocycles. The Morgan fingerprint density at radius 1 is 1.25 bits per heavy atom. The molecule has 4 heteroatoms. The lowest BCUT2D eigenvalue weighted by atomic mass is 9.85. The molecule has 0 aromatic heterocycles. The Morgan fingerprint density at radius 3 is 2.19 bits per heavy atom. The van der Waals surface area contributed by atoms with Gasteiger partial charge in [0.2, 0.25) is 0 Å². The van der Waals surface area contributed by atoms with Gasteiger partial charge in [0.25, 0.3) is 0 Å². The second-order valence-electron chi connectivity index (χ2n) is 4.47. The maximum absolute atomic E-state index is 12.9. The first-order chi connectivity index (χ1) is 7.35. The maximum atomic E-state index is 12.9. The molecule has 2 N–H and O–H groups in total. The highest BCUT2D eigenvalue weighted by molar-refractivity contribution is 5.86. The second-order valence-corrected chi connectivity index (χ2v) is 4.47. The molecule has 1 rings (SSSR count). The highest BCUT2D eigenvalue weighted by Crippen LogP contribution is 2.18. The first kappa shape index (κ1) is 12.8. The van der Waals surface area contributed by atoms with Gasteiger partial charge in [-0.15, -0.1) is 0 Å². The van der Waals surface area contributed by atoms with Crippen LogP contribution in [0.15, 0.2) is 18.2 Å². The van der Waals surface area contributed by atoms with Crippen LogP contribution in [-0.4, -0.2) is 12.3 Å². The molecule has 0 amide bonds. The quantitative estimate of drug-likeness (QED) is 0.855. The van der Waals surface area contributed by atoms with E-state index in [1.807, 2.05) is 0 Å². The first-order valence-electron chi connectivity index (χ1n) is 5.03. The Labute approximate surface area is 93.5 Å². The summed E-state index contributed by atoms with van der Waals surface area (Å²) < 4.78 is 25.8. The minimum atomic E-state index is -0.673. The van der Waals surface area contributed by atoms with Crippen molar-refractivity contribution in [3.05, 3.63) is 35.4 Å². The Bertz CT molecular complexity index is 382. The van der Waals surface area contributed by atoms with Gasteiger partial charge in [-0.25, -0.2) is 8.78 Å². The molecule has 1 aromatic carbocycles. The number of hydrogen-bond donors (Lipinski definition) is 1. The molecule has 16 heavy (non-hydrogen) atoms. The SMILES string of the molecule is CC(C)(CN)C(=O)Cc1cc(F)cc(F)c1. The van der Waals surface area contributed by atoms with Crippen LogP contribution in [0.25, 0.3) is 0 Å². The van der Waals surface area contributed by atoms with Crippen LogP contribution in [0, 0.1) is 17.0 Å². The largest absolute Gasteiger partial charge is 0.329 e. The van der Waals surface area contributed by atoms with Crippen LogP contribution in [-0.2, 0) is 11.2 Å². The van der Waals surface area contributed by atoms with Crippen LogP contribution in [0.3, 0.4) is 0 Å². The third kappa shape index (κ3) is 3.10. The fourth-order valence-corrected chi connectivity index (χ4v) is 1.25. The van der Waals surface area contributed by atoms with Crippen LogP contribution in [0.4, 0.5) is 8.78 Å². The molecular weight excluding hydrogens is 212 g/mol. The fourth-order valence-electron chi connectivity index (χ4n) is 1.25. The molecule has 0 atom stereocenters. The Morgan fingerprint density at radius 2 is 1.75 bits per heavy atom. The number of ketones is 1. The van der Waals surface area contributed by atoms with Crippen molar-refractivity contribution in [2.75, 3.05) is 6.54 Å². The van der Waals surface area contributed by atoms with Crippen molar-refractivity contribution in [2.24, 2.45) is 11.1 Å². The molecule has 0 aliphatic rings. The minimum Gasteiger partial charge on any atom is -0.329 e. The molecule has 0 spiro atoms. The summed E-state index contributed by atoms with van der Waals surface area (Å²) in [5.74, 6) is -1.47. The number of benzene rings is 1. The van der Waals surface area contributed by atoms with Gasteiger partial charge in [-0.1, -0.05) is 13.8 Å². The molecule has 0 fully saturated rings. The summed E-state index contributed by atoms with van der Waals surface area (Å²) in [6.07, 6.45) is -0.00111. The fraction of sp³-hybridized carbons (Fsp3) is 0.417. The normalized spacial score (nSPS) is 11.6. The maximum Gasteiger partial charge on any atom is 0.144 e. The van der Waals surface area contributed by atoms with Crippen LogP contribution < -0.4 is 5.73 Å². The molecule has 0 saturated carbocycles. The molecule has 1 aromatic rings. The number of carbonyl (C=O) groups is 1. The summed E-state index contributed by atoms with van der Waals surface area (Å²) in [7, 11) is 0. The van der Waals surface area contributed by atoms with Crippen LogP contribution in [0.5, 0.6) is 0 Å². The van der Waals surface area contributed by atoms with Crippen molar-refractivity contribution < 1.29 is 13.6 Å². The second kappa shape index (κ2) is 4.70. The summed E-state index contributed by atoms with van der Waals surface area (Å²) in [6.45, 7) is 3.64. The molecular formula is C12H15F2NO. The molecule has 0 bridgehead atoms. The van der Waals surface area contributed by atoms with Crippen molar-refractivity contribution in [1.82, 2.24) is 0 Å². The Kier molecular flexibility index (Phi) is 3.75. The van der Waals surface area contributed by atoms with E-state index < -0.39 is 17.0 Å². The number of nitrogens with two attached hydrogens (primary N) is 1. The summed E-state index contributed by atoms with van der Waals surface area (Å²) in [5.41, 5.74) is 5.12. The van der Waals surface area contributed by atoms with Gasteiger partial charge in [-0.3, -0.25) is 4.79 Å². The van der Waals surface area contributed by atoms with Gasteiger partial charge in [-0.05, 0) is 17.7 Å². The average Bonchev–Trinajstić information content (AvgIpc) is 2.15. The van der Waals surface area contributed by atoms with Gasteiger partial charge in [-0.2, -0.15) is 0 Å². The minimum absolute atomic E-state index is 0.00111. The van der Waals surface area contributed by atoms with Gasteiger partial charge < -0.3 is 5.73 Å². The number of halogens is 2. The van der Waals surface area contributed by atoms with Gasteiger partial charge in [0.15, 0.2) is 0 Å². The number of hydrogen-bond acceptors (Lipinski definition) is 2. The van der Waals surface area contributed by atoms with Crippen molar-refractivity contribution in [3.8, 4) is 0 Å². The highest BCUT2D eigenvalue weighted by Gasteiger charge is 2.25. The molecule has 0 aliphatic heterocycles. The van der Waals surface area contributed by atoms with Gasteiger partial charge in [0, 0.05) is 24.4 Å². The number of Topliss-reactive ketones (excluding diaryl/α,β-unsaturated/α-hetero) is 1. The van der Waals surface area contributed by atoms with E-state index >= 15 is 0 Å². The van der Waals surface area contributed by atoms with Crippen LogP contribution >= 0.6 is 0 Å². The number of carbonyl (C=O) groups excluding carboxylic acids is 1. The van der Waals surface area contributed by atoms with E-state index in [1.165, 1.54) is 0 Å². The van der Waals surface area contributed by atoms with E-state index in [4.69, 9.17) is 5.73 Å². The lowest BCUT2D eigenvalue weighted by Gasteiger charge is -2.20. The standard InChI is InChI=1S/C12H15F2NO/c1-12(2,7-15)11(16)5-8-3-9(13)6-10(14)4-8/h3-4,6H,5,7,15H2,1-2H3. The van der Waals surface area contributed by atoms with E-state index in [9.17, 15) is 13.6 Å². The van der Waals surface area contributed by atoms with E-state index in [0.717, 1.165) is 18.2 Å². The molecule has 0 heterocycles. The Hall–Kier alpha value is -1.29. The van der Waals surface area contributed by atoms with Crippen molar-refractivity contribution in [3.63, 3.8) is 0 Å². The van der Waals surface area contributed by atoms with Gasteiger partial charge in [0.05, 0.1) is 0 Å². The lowest BCUT2D eigenvalue weighted by Crippen LogP contribution is -2.33. The average molecular weight is 227 g/mol. The van der Waals surface area contributed by atoms with Gasteiger partial charge in [0.1, 0.15) is 17.4 Å². The van der Waals surface area contributed by atoms with Crippen molar-refractivity contribution in [1.29, 1.82) is 0 Å². The predicted octanol–water partition coefficient (Wildman–Crippen LogP) is 2.06. The molecule has 0 unspecified atom stereocenters. The summed E-state index contributed by atoms with van der Waals surface area (Å²) >= 11 is 0. The third-order valence-corrected chi connectivity index (χ3v) is 2.55. The van der Waals surface area contributed by atoms with E-state index in [0.29, 0.717) is 5.56 Å². The van der Waals surface area contributed by atoms with E-state index in [-0.39, 0.29) is 18.7 Å². The van der Waals surface area contributed by atoms with Crippen molar-refractivity contribution >= 4 is 5.78 Å². The smallest absolute Gasteiger partial charge is 0.144 e.